The Morgan fingerprint density at radius 1 is 1.27 bits per heavy atom. The predicted molar refractivity (Wildman–Crippen MR) is 64.8 cm³/mol. The first-order valence-electron chi connectivity index (χ1n) is 4.72. The molecule has 0 amide bonds. The van der Waals surface area contributed by atoms with Crippen molar-refractivity contribution >= 4 is 16.5 Å². The van der Waals surface area contributed by atoms with Crippen LogP contribution in [0, 0.1) is 13.8 Å². The lowest BCUT2D eigenvalue weighted by Gasteiger charge is -2.02. The van der Waals surface area contributed by atoms with E-state index in [1.165, 1.54) is 16.0 Å². The van der Waals surface area contributed by atoms with Crippen LogP contribution in [0.3, 0.4) is 0 Å². The molecule has 0 atom stereocenters. The molecule has 0 bridgehead atoms. The van der Waals surface area contributed by atoms with Crippen molar-refractivity contribution < 1.29 is 0 Å². The lowest BCUT2D eigenvalue weighted by molar-refractivity contribution is 1.22. The van der Waals surface area contributed by atoms with Crippen LogP contribution >= 0.6 is 11.3 Å². The maximum absolute atomic E-state index is 5.35. The van der Waals surface area contributed by atoms with Gasteiger partial charge in [-0.05, 0) is 25.0 Å². The Kier molecular flexibility index (Phi) is 2.70. The summed E-state index contributed by atoms with van der Waals surface area (Å²) in [6, 6.07) is 8.29. The Bertz CT molecular complexity index is 476. The summed E-state index contributed by atoms with van der Waals surface area (Å²) in [6.07, 6.45) is 0. The molecule has 0 spiro atoms. The van der Waals surface area contributed by atoms with Crippen molar-refractivity contribution in [1.82, 2.24) is 4.98 Å². The summed E-state index contributed by atoms with van der Waals surface area (Å²) in [5.41, 5.74) is 6.09. The minimum absolute atomic E-state index is 0.755. The van der Waals surface area contributed by atoms with E-state index in [0.717, 1.165) is 10.8 Å². The molecule has 2 aromatic rings. The van der Waals surface area contributed by atoms with Gasteiger partial charge in [0.2, 0.25) is 0 Å². The number of thiazole rings is 1. The van der Waals surface area contributed by atoms with E-state index in [0.29, 0.717) is 0 Å². The predicted octanol–water partition coefficient (Wildman–Crippen LogP) is 2.71. The average molecular weight is 219 g/mol. The summed E-state index contributed by atoms with van der Waals surface area (Å²) in [5.74, 6) is 5.35. The van der Waals surface area contributed by atoms with Crippen molar-refractivity contribution in [1.29, 1.82) is 0 Å². The number of rotatable bonds is 2. The van der Waals surface area contributed by atoms with Crippen LogP contribution in [0.15, 0.2) is 24.3 Å². The third-order valence-electron chi connectivity index (χ3n) is 2.31. The average Bonchev–Trinajstić information content (AvgIpc) is 2.60. The summed E-state index contributed by atoms with van der Waals surface area (Å²) < 4.78 is 0. The molecule has 0 aliphatic carbocycles. The molecule has 0 fully saturated rings. The minimum Gasteiger partial charge on any atom is -0.300 e. The Hall–Kier alpha value is -1.39. The Labute approximate surface area is 92.9 Å². The van der Waals surface area contributed by atoms with Crippen LogP contribution in [0.25, 0.3) is 10.4 Å². The van der Waals surface area contributed by atoms with Crippen LogP contribution in [0.5, 0.6) is 0 Å². The van der Waals surface area contributed by atoms with Gasteiger partial charge in [0, 0.05) is 0 Å². The van der Waals surface area contributed by atoms with Gasteiger partial charge in [-0.3, -0.25) is 5.43 Å². The van der Waals surface area contributed by atoms with Crippen molar-refractivity contribution in [2.75, 3.05) is 5.43 Å². The smallest absolute Gasteiger partial charge is 0.197 e. The molecule has 0 saturated heterocycles. The molecule has 0 radical (unpaired) electrons. The van der Waals surface area contributed by atoms with Crippen LogP contribution in [-0.2, 0) is 0 Å². The second kappa shape index (κ2) is 4.00. The first-order valence-corrected chi connectivity index (χ1v) is 5.54. The largest absolute Gasteiger partial charge is 0.300 e. The summed E-state index contributed by atoms with van der Waals surface area (Å²) in [5, 5.41) is 0.755. The Balaban J connectivity index is 2.54. The van der Waals surface area contributed by atoms with Crippen molar-refractivity contribution in [3.05, 3.63) is 35.5 Å². The maximum atomic E-state index is 5.35. The Morgan fingerprint density at radius 3 is 2.60 bits per heavy atom. The van der Waals surface area contributed by atoms with Gasteiger partial charge in [-0.25, -0.2) is 10.8 Å². The van der Waals surface area contributed by atoms with E-state index in [1.54, 1.807) is 11.3 Å². The van der Waals surface area contributed by atoms with Crippen molar-refractivity contribution in [2.45, 2.75) is 13.8 Å². The molecule has 1 heterocycles. The van der Waals surface area contributed by atoms with Crippen LogP contribution in [0.2, 0.25) is 0 Å². The number of aromatic nitrogens is 1. The van der Waals surface area contributed by atoms with Crippen LogP contribution in [0.1, 0.15) is 11.3 Å². The van der Waals surface area contributed by atoms with Crippen LogP contribution in [0.4, 0.5) is 5.13 Å². The summed E-state index contributed by atoms with van der Waals surface area (Å²) in [6.45, 7) is 4.10. The van der Waals surface area contributed by atoms with Crippen LogP contribution < -0.4 is 11.3 Å². The second-order valence-electron chi connectivity index (χ2n) is 3.39. The van der Waals surface area contributed by atoms with E-state index in [-0.39, 0.29) is 0 Å². The summed E-state index contributed by atoms with van der Waals surface area (Å²) in [7, 11) is 0. The van der Waals surface area contributed by atoms with Crippen molar-refractivity contribution in [3.63, 3.8) is 0 Å². The highest BCUT2D eigenvalue weighted by molar-refractivity contribution is 7.19. The molecule has 0 unspecified atom stereocenters. The number of nitrogen functional groups attached to an aromatic ring is 1. The van der Waals surface area contributed by atoms with E-state index in [9.17, 15) is 0 Å². The number of nitrogens with one attached hydrogen (secondary N) is 1. The fourth-order valence-corrected chi connectivity index (χ4v) is 2.50. The normalized spacial score (nSPS) is 10.3. The SMILES string of the molecule is Cc1ccccc1-c1sc(NN)nc1C. The zero-order valence-corrected chi connectivity index (χ0v) is 9.56. The monoisotopic (exact) mass is 219 g/mol. The number of nitrogens with two attached hydrogens (primary N) is 1. The third kappa shape index (κ3) is 1.86. The zero-order valence-electron chi connectivity index (χ0n) is 8.74. The molecule has 0 aliphatic rings. The highest BCUT2D eigenvalue weighted by Gasteiger charge is 2.10. The van der Waals surface area contributed by atoms with Gasteiger partial charge in [0.1, 0.15) is 0 Å². The van der Waals surface area contributed by atoms with E-state index >= 15 is 0 Å². The van der Waals surface area contributed by atoms with E-state index < -0.39 is 0 Å². The van der Waals surface area contributed by atoms with Gasteiger partial charge in [0.05, 0.1) is 10.6 Å². The lowest BCUT2D eigenvalue weighted by Crippen LogP contribution is -2.05. The minimum atomic E-state index is 0.755. The lowest BCUT2D eigenvalue weighted by atomic mass is 10.1. The first-order chi connectivity index (χ1) is 7.22. The number of nitrogens with zero attached hydrogens (tertiary/aromatic N) is 1. The van der Waals surface area contributed by atoms with Crippen molar-refractivity contribution in [2.24, 2.45) is 5.84 Å². The fraction of sp³-hybridized carbons (Fsp3) is 0.182. The van der Waals surface area contributed by atoms with Gasteiger partial charge in [0.25, 0.3) is 0 Å². The summed E-state index contributed by atoms with van der Waals surface area (Å²) >= 11 is 1.58. The molecule has 15 heavy (non-hydrogen) atoms. The molecule has 1 aromatic heterocycles. The number of benzene rings is 1. The summed E-state index contributed by atoms with van der Waals surface area (Å²) in [4.78, 5) is 5.51. The molecule has 2 rings (SSSR count). The standard InChI is InChI=1S/C11H13N3S/c1-7-5-3-4-6-9(7)10-8(2)13-11(14-12)15-10/h3-6H,12H2,1-2H3,(H,13,14). The van der Waals surface area contributed by atoms with E-state index in [4.69, 9.17) is 5.84 Å². The number of hydrogen-bond acceptors (Lipinski definition) is 4. The molecule has 0 aliphatic heterocycles. The zero-order chi connectivity index (χ0) is 10.8. The first kappa shape index (κ1) is 10.1. The highest BCUT2D eigenvalue weighted by atomic mass is 32.1. The molecular formula is C11H13N3S. The van der Waals surface area contributed by atoms with E-state index in [1.807, 2.05) is 19.1 Å². The number of aryl methyl sites for hydroxylation is 2. The fourth-order valence-electron chi connectivity index (χ4n) is 1.54. The molecule has 4 heteroatoms. The van der Waals surface area contributed by atoms with Gasteiger partial charge in [-0.2, -0.15) is 0 Å². The second-order valence-corrected chi connectivity index (χ2v) is 4.39. The molecule has 0 saturated carbocycles. The number of hydrazine groups is 1. The number of anilines is 1. The molecule has 3 nitrogen and oxygen atoms in total. The quantitative estimate of drug-likeness (QED) is 0.603. The third-order valence-corrected chi connectivity index (χ3v) is 3.43. The van der Waals surface area contributed by atoms with Gasteiger partial charge in [-0.1, -0.05) is 35.6 Å². The maximum Gasteiger partial charge on any atom is 0.197 e. The van der Waals surface area contributed by atoms with Gasteiger partial charge < -0.3 is 0 Å². The van der Waals surface area contributed by atoms with E-state index in [2.05, 4.69) is 29.5 Å². The topological polar surface area (TPSA) is 50.9 Å². The highest BCUT2D eigenvalue weighted by Crippen LogP contribution is 2.33. The molecule has 1 aromatic carbocycles. The van der Waals surface area contributed by atoms with Gasteiger partial charge in [0.15, 0.2) is 5.13 Å². The molecule has 78 valence electrons. The molecular weight excluding hydrogens is 206 g/mol. The Morgan fingerprint density at radius 2 is 2.00 bits per heavy atom. The van der Waals surface area contributed by atoms with Gasteiger partial charge in [-0.15, -0.1) is 0 Å². The van der Waals surface area contributed by atoms with Crippen LogP contribution in [-0.4, -0.2) is 4.98 Å². The van der Waals surface area contributed by atoms with Crippen molar-refractivity contribution in [3.8, 4) is 10.4 Å². The number of hydrogen-bond donors (Lipinski definition) is 2. The molecule has 3 N–H and O–H groups in total. The van der Waals surface area contributed by atoms with Gasteiger partial charge >= 0.3 is 0 Å².